The third kappa shape index (κ3) is 4.12. The minimum Gasteiger partial charge on any atom is -0.493 e. The first-order valence-electron chi connectivity index (χ1n) is 8.72. The zero-order valence-electron chi connectivity index (χ0n) is 15.5. The van der Waals surface area contributed by atoms with Gasteiger partial charge in [-0.05, 0) is 40.5 Å². The molecule has 0 atom stereocenters. The smallest absolute Gasteiger partial charge is 0.271 e. The van der Waals surface area contributed by atoms with Crippen molar-refractivity contribution in [2.75, 3.05) is 13.7 Å². The zero-order valence-corrected chi connectivity index (χ0v) is 17.1. The predicted molar refractivity (Wildman–Crippen MR) is 110 cm³/mol. The third-order valence-corrected chi connectivity index (χ3v) is 4.65. The Balaban J connectivity index is 1.72. The second-order valence-electron chi connectivity index (χ2n) is 5.99. The topological polar surface area (TPSA) is 92.5 Å². The predicted octanol–water partition coefficient (Wildman–Crippen LogP) is 3.80. The number of aromatic nitrogens is 1. The molecule has 2 aromatic carbocycles. The summed E-state index contributed by atoms with van der Waals surface area (Å²) in [7, 11) is 1.50. The number of ether oxygens (including phenoxy) is 2. The lowest BCUT2D eigenvalue weighted by Gasteiger charge is -2.14. The fourth-order valence-electron chi connectivity index (χ4n) is 2.71. The summed E-state index contributed by atoms with van der Waals surface area (Å²) < 4.78 is 11.6. The lowest BCUT2D eigenvalue weighted by atomic mass is 10.1. The summed E-state index contributed by atoms with van der Waals surface area (Å²) in [6.07, 6.45) is 2.45. The summed E-state index contributed by atoms with van der Waals surface area (Å²) >= 11 is 3.40. The van der Waals surface area contributed by atoms with Crippen molar-refractivity contribution in [3.63, 3.8) is 0 Å². The number of carbonyl (C=O) groups excluding carboxylic acids is 2. The highest BCUT2D eigenvalue weighted by Gasteiger charge is 2.17. The molecule has 7 nitrogen and oxygen atoms in total. The monoisotopic (exact) mass is 445 g/mol. The second kappa shape index (κ2) is 8.79. The van der Waals surface area contributed by atoms with E-state index in [1.54, 1.807) is 18.3 Å². The van der Waals surface area contributed by atoms with Gasteiger partial charge in [-0.15, -0.1) is 0 Å². The van der Waals surface area contributed by atoms with Gasteiger partial charge in [0.2, 0.25) is 0 Å². The van der Waals surface area contributed by atoms with Crippen LogP contribution in [-0.4, -0.2) is 30.5 Å². The van der Waals surface area contributed by atoms with Gasteiger partial charge in [0.05, 0.1) is 23.8 Å². The van der Waals surface area contributed by atoms with Crippen molar-refractivity contribution in [2.45, 2.75) is 13.3 Å². The first-order chi connectivity index (χ1) is 13.5. The Morgan fingerprint density at radius 1 is 1.14 bits per heavy atom. The Bertz CT molecular complexity index is 1020. The number of hydrazine groups is 1. The fraction of sp³-hybridized carbons (Fsp3) is 0.200. The van der Waals surface area contributed by atoms with Gasteiger partial charge in [-0.2, -0.15) is 0 Å². The average molecular weight is 446 g/mol. The molecule has 28 heavy (non-hydrogen) atoms. The molecule has 2 amide bonds. The highest BCUT2D eigenvalue weighted by atomic mass is 79.9. The number of rotatable bonds is 6. The molecule has 0 saturated heterocycles. The molecule has 3 aromatic rings. The zero-order chi connectivity index (χ0) is 20.1. The number of para-hydroxylation sites is 1. The number of amides is 2. The van der Waals surface area contributed by atoms with Gasteiger partial charge in [-0.3, -0.25) is 20.4 Å². The van der Waals surface area contributed by atoms with Crippen LogP contribution in [-0.2, 0) is 0 Å². The van der Waals surface area contributed by atoms with Gasteiger partial charge < -0.3 is 14.5 Å². The first-order valence-corrected chi connectivity index (χ1v) is 9.51. The molecule has 1 heterocycles. The molecule has 0 fully saturated rings. The molecular formula is C20H20BrN3O4. The maximum Gasteiger partial charge on any atom is 0.271 e. The number of carbonyl (C=O) groups is 2. The van der Waals surface area contributed by atoms with E-state index in [-0.39, 0.29) is 0 Å². The van der Waals surface area contributed by atoms with Crippen molar-refractivity contribution < 1.29 is 19.1 Å². The number of methoxy groups -OCH3 is 1. The van der Waals surface area contributed by atoms with Crippen LogP contribution in [0.2, 0.25) is 0 Å². The Labute approximate surface area is 170 Å². The van der Waals surface area contributed by atoms with Crippen LogP contribution in [0.15, 0.2) is 47.1 Å². The summed E-state index contributed by atoms with van der Waals surface area (Å²) in [6.45, 7) is 2.53. The SMILES string of the molecule is CCCOc1c(Br)cc(C(=O)NNC(=O)c2c[nH]c3ccccc23)cc1OC. The molecule has 0 radical (unpaired) electrons. The molecule has 3 N–H and O–H groups in total. The van der Waals surface area contributed by atoms with E-state index in [4.69, 9.17) is 9.47 Å². The fourth-order valence-corrected chi connectivity index (χ4v) is 3.26. The van der Waals surface area contributed by atoms with Crippen LogP contribution in [0.25, 0.3) is 10.9 Å². The summed E-state index contributed by atoms with van der Waals surface area (Å²) in [5, 5.41) is 0.774. The minimum atomic E-state index is -0.478. The number of H-pyrrole nitrogens is 1. The van der Waals surface area contributed by atoms with Gasteiger partial charge in [-0.1, -0.05) is 25.1 Å². The van der Waals surface area contributed by atoms with E-state index in [9.17, 15) is 9.59 Å². The maximum absolute atomic E-state index is 12.5. The van der Waals surface area contributed by atoms with Crippen molar-refractivity contribution in [3.05, 3.63) is 58.2 Å². The van der Waals surface area contributed by atoms with Gasteiger partial charge in [0.1, 0.15) is 0 Å². The number of benzene rings is 2. The third-order valence-electron chi connectivity index (χ3n) is 4.07. The Morgan fingerprint density at radius 2 is 1.89 bits per heavy atom. The Morgan fingerprint density at radius 3 is 2.64 bits per heavy atom. The van der Waals surface area contributed by atoms with Gasteiger partial charge in [0, 0.05) is 22.7 Å². The number of hydrogen-bond acceptors (Lipinski definition) is 4. The van der Waals surface area contributed by atoms with Crippen molar-refractivity contribution >= 4 is 38.6 Å². The minimum absolute atomic E-state index is 0.312. The van der Waals surface area contributed by atoms with Crippen LogP contribution < -0.4 is 20.3 Å². The van der Waals surface area contributed by atoms with Crippen molar-refractivity contribution in [3.8, 4) is 11.5 Å². The van der Waals surface area contributed by atoms with E-state index in [0.29, 0.717) is 33.7 Å². The van der Waals surface area contributed by atoms with Crippen molar-refractivity contribution in [1.82, 2.24) is 15.8 Å². The molecular weight excluding hydrogens is 426 g/mol. The van der Waals surface area contributed by atoms with Gasteiger partial charge in [0.15, 0.2) is 11.5 Å². The van der Waals surface area contributed by atoms with E-state index in [2.05, 4.69) is 31.8 Å². The standard InChI is InChI=1S/C20H20BrN3O4/c1-3-8-28-18-15(21)9-12(10-17(18)27-2)19(25)23-24-20(26)14-11-22-16-7-5-4-6-13(14)16/h4-7,9-11,22H,3,8H2,1-2H3,(H,23,25)(H,24,26). The molecule has 0 unspecified atom stereocenters. The summed E-state index contributed by atoms with van der Waals surface area (Å²) in [5.41, 5.74) is 6.46. The molecule has 1 aromatic heterocycles. The number of halogens is 1. The molecule has 0 aliphatic heterocycles. The second-order valence-corrected chi connectivity index (χ2v) is 6.85. The normalized spacial score (nSPS) is 10.5. The lowest BCUT2D eigenvalue weighted by Crippen LogP contribution is -2.41. The van der Waals surface area contributed by atoms with Gasteiger partial charge in [-0.25, -0.2) is 0 Å². The molecule has 0 aliphatic rings. The number of nitrogens with one attached hydrogen (secondary N) is 3. The highest BCUT2D eigenvalue weighted by molar-refractivity contribution is 9.10. The number of hydrogen-bond donors (Lipinski definition) is 3. The molecule has 0 aliphatic carbocycles. The van der Waals surface area contributed by atoms with Crippen LogP contribution in [0.4, 0.5) is 0 Å². The van der Waals surface area contributed by atoms with E-state index >= 15 is 0 Å². The maximum atomic E-state index is 12.5. The van der Waals surface area contributed by atoms with E-state index in [1.807, 2.05) is 31.2 Å². The Kier molecular flexibility index (Phi) is 6.20. The van der Waals surface area contributed by atoms with E-state index in [1.165, 1.54) is 7.11 Å². The average Bonchev–Trinajstić information content (AvgIpc) is 3.14. The lowest BCUT2D eigenvalue weighted by molar-refractivity contribution is 0.0847. The first kappa shape index (κ1) is 19.8. The van der Waals surface area contributed by atoms with Gasteiger partial charge >= 0.3 is 0 Å². The molecule has 8 heteroatoms. The van der Waals surface area contributed by atoms with Crippen molar-refractivity contribution in [2.24, 2.45) is 0 Å². The van der Waals surface area contributed by atoms with Crippen LogP contribution in [0.1, 0.15) is 34.1 Å². The van der Waals surface area contributed by atoms with E-state index in [0.717, 1.165) is 17.3 Å². The molecule has 3 rings (SSSR count). The summed E-state index contributed by atoms with van der Waals surface area (Å²) in [6, 6.07) is 10.6. The summed E-state index contributed by atoms with van der Waals surface area (Å²) in [4.78, 5) is 27.9. The quantitative estimate of drug-likeness (QED) is 0.503. The largest absolute Gasteiger partial charge is 0.493 e. The van der Waals surface area contributed by atoms with Crippen LogP contribution in [0, 0.1) is 0 Å². The van der Waals surface area contributed by atoms with Crippen LogP contribution in [0.3, 0.4) is 0 Å². The Hall–Kier alpha value is -3.00. The molecule has 146 valence electrons. The van der Waals surface area contributed by atoms with Crippen LogP contribution >= 0.6 is 15.9 Å². The van der Waals surface area contributed by atoms with Crippen molar-refractivity contribution in [1.29, 1.82) is 0 Å². The van der Waals surface area contributed by atoms with E-state index < -0.39 is 11.8 Å². The molecule has 0 bridgehead atoms. The molecule has 0 spiro atoms. The van der Waals surface area contributed by atoms with Crippen LogP contribution in [0.5, 0.6) is 11.5 Å². The highest BCUT2D eigenvalue weighted by Crippen LogP contribution is 2.36. The number of fused-ring (bicyclic) bond motifs is 1. The van der Waals surface area contributed by atoms with Gasteiger partial charge in [0.25, 0.3) is 11.8 Å². The molecule has 0 saturated carbocycles. The number of aromatic amines is 1. The summed E-state index contributed by atoms with van der Waals surface area (Å²) in [5.74, 6) is 0.0635.